The summed E-state index contributed by atoms with van der Waals surface area (Å²) in [6.07, 6.45) is 1.45. The lowest BCUT2D eigenvalue weighted by molar-refractivity contribution is 0.102. The average Bonchev–Trinajstić information content (AvgIpc) is 3.45. The van der Waals surface area contributed by atoms with Crippen molar-refractivity contribution >= 4 is 34.6 Å². The van der Waals surface area contributed by atoms with Gasteiger partial charge in [-0.3, -0.25) is 4.79 Å². The Morgan fingerprint density at radius 2 is 2.00 bits per heavy atom. The molecule has 0 aliphatic carbocycles. The summed E-state index contributed by atoms with van der Waals surface area (Å²) in [5.74, 6) is -1.67. The molecule has 1 atom stereocenters. The summed E-state index contributed by atoms with van der Waals surface area (Å²) in [7, 11) is 1.55. The molecular weight excluding hydrogens is 440 g/mol. The molecule has 1 saturated heterocycles. The zero-order chi connectivity index (χ0) is 22.7. The number of nitrogens with one attached hydrogen (secondary N) is 2. The molecular formula is C21H19F2N5O3S. The lowest BCUT2D eigenvalue weighted by Gasteiger charge is -2.23. The number of benzene rings is 2. The minimum atomic E-state index is -0.890. The van der Waals surface area contributed by atoms with Crippen molar-refractivity contribution in [1.82, 2.24) is 15.1 Å². The van der Waals surface area contributed by atoms with Crippen molar-refractivity contribution in [3.05, 3.63) is 64.1 Å². The van der Waals surface area contributed by atoms with E-state index in [0.717, 1.165) is 29.9 Å². The van der Waals surface area contributed by atoms with Crippen LogP contribution in [-0.4, -0.2) is 40.7 Å². The van der Waals surface area contributed by atoms with Crippen LogP contribution in [0.2, 0.25) is 0 Å². The number of urea groups is 1. The number of hydrogen-bond donors (Lipinski definition) is 2. The Hall–Kier alpha value is -3.60. The van der Waals surface area contributed by atoms with E-state index in [-0.39, 0.29) is 22.8 Å². The Morgan fingerprint density at radius 1 is 1.16 bits per heavy atom. The highest BCUT2D eigenvalue weighted by molar-refractivity contribution is 7.13. The molecule has 0 radical (unpaired) electrons. The SMILES string of the molecule is COc1cccc(NC(=O)N2CCC[C@H]2c2nnc(C(=O)Nc3ccc(F)cc3F)s2)c1. The van der Waals surface area contributed by atoms with Gasteiger partial charge in [-0.2, -0.15) is 0 Å². The normalized spacial score (nSPS) is 15.5. The van der Waals surface area contributed by atoms with Gasteiger partial charge in [0.05, 0.1) is 18.8 Å². The van der Waals surface area contributed by atoms with Gasteiger partial charge in [0.25, 0.3) is 5.91 Å². The van der Waals surface area contributed by atoms with Gasteiger partial charge in [-0.25, -0.2) is 13.6 Å². The van der Waals surface area contributed by atoms with Crippen LogP contribution in [0.5, 0.6) is 5.75 Å². The number of ether oxygens (including phenoxy) is 1. The molecule has 166 valence electrons. The van der Waals surface area contributed by atoms with E-state index in [4.69, 9.17) is 4.74 Å². The number of rotatable bonds is 5. The fourth-order valence-electron chi connectivity index (χ4n) is 3.39. The second kappa shape index (κ2) is 9.27. The van der Waals surface area contributed by atoms with Crippen LogP contribution in [0.4, 0.5) is 25.0 Å². The minimum absolute atomic E-state index is 0.0174. The Balaban J connectivity index is 1.45. The molecule has 8 nitrogen and oxygen atoms in total. The number of likely N-dealkylation sites (tertiary alicyclic amines) is 1. The molecule has 3 amide bonds. The number of aromatic nitrogens is 2. The number of carbonyl (C=O) groups excluding carboxylic acids is 2. The van der Waals surface area contributed by atoms with Gasteiger partial charge in [0.15, 0.2) is 0 Å². The summed E-state index contributed by atoms with van der Waals surface area (Å²) >= 11 is 1.03. The molecule has 0 saturated carbocycles. The van der Waals surface area contributed by atoms with Gasteiger partial charge < -0.3 is 20.3 Å². The standard InChI is InChI=1S/C21H19F2N5O3S/c1-31-14-5-2-4-13(11-14)24-21(30)28-9-3-6-17(28)19-26-27-20(32-19)18(29)25-16-8-7-12(22)10-15(16)23/h2,4-5,7-8,10-11,17H,3,6,9H2,1H3,(H,24,30)(H,25,29)/t17-/m0/s1. The van der Waals surface area contributed by atoms with Crippen LogP contribution in [-0.2, 0) is 0 Å². The van der Waals surface area contributed by atoms with Crippen molar-refractivity contribution in [2.75, 3.05) is 24.3 Å². The van der Waals surface area contributed by atoms with Gasteiger partial charge in [0.1, 0.15) is 22.4 Å². The Morgan fingerprint density at radius 3 is 2.78 bits per heavy atom. The van der Waals surface area contributed by atoms with Gasteiger partial charge in [-0.15, -0.1) is 10.2 Å². The van der Waals surface area contributed by atoms with Crippen molar-refractivity contribution < 1.29 is 23.1 Å². The van der Waals surface area contributed by atoms with Crippen LogP contribution in [0.3, 0.4) is 0 Å². The van der Waals surface area contributed by atoms with E-state index in [1.165, 1.54) is 0 Å². The molecule has 32 heavy (non-hydrogen) atoms. The number of halogens is 2. The number of hydrogen-bond acceptors (Lipinski definition) is 6. The molecule has 1 aliphatic heterocycles. The lowest BCUT2D eigenvalue weighted by atomic mass is 10.2. The van der Waals surface area contributed by atoms with Crippen molar-refractivity contribution in [2.24, 2.45) is 0 Å². The lowest BCUT2D eigenvalue weighted by Crippen LogP contribution is -2.34. The second-order valence-corrected chi connectivity index (χ2v) is 8.05. The Bertz CT molecular complexity index is 1160. The predicted molar refractivity (Wildman–Crippen MR) is 115 cm³/mol. The van der Waals surface area contributed by atoms with E-state index < -0.39 is 17.5 Å². The number of amides is 3. The molecule has 2 heterocycles. The number of nitrogens with zero attached hydrogens (tertiary/aromatic N) is 3. The molecule has 0 spiro atoms. The number of carbonyl (C=O) groups is 2. The quantitative estimate of drug-likeness (QED) is 0.588. The van der Waals surface area contributed by atoms with E-state index in [9.17, 15) is 18.4 Å². The van der Waals surface area contributed by atoms with Crippen LogP contribution >= 0.6 is 11.3 Å². The smallest absolute Gasteiger partial charge is 0.322 e. The van der Waals surface area contributed by atoms with Gasteiger partial charge in [0.2, 0.25) is 5.01 Å². The fourth-order valence-corrected chi connectivity index (χ4v) is 4.28. The molecule has 0 bridgehead atoms. The van der Waals surface area contributed by atoms with Crippen LogP contribution < -0.4 is 15.4 Å². The van der Waals surface area contributed by atoms with Crippen LogP contribution in [0, 0.1) is 11.6 Å². The first kappa shape index (κ1) is 21.6. The van der Waals surface area contributed by atoms with Gasteiger partial charge in [0, 0.05) is 24.4 Å². The van der Waals surface area contributed by atoms with E-state index in [0.29, 0.717) is 35.5 Å². The summed E-state index contributed by atoms with van der Waals surface area (Å²) in [5.41, 5.74) is 0.437. The van der Waals surface area contributed by atoms with Crippen molar-refractivity contribution in [3.8, 4) is 5.75 Å². The molecule has 2 N–H and O–H groups in total. The first-order valence-corrected chi connectivity index (χ1v) is 10.6. The first-order chi connectivity index (χ1) is 15.4. The molecule has 1 fully saturated rings. The van der Waals surface area contributed by atoms with Gasteiger partial charge in [-0.05, 0) is 37.1 Å². The van der Waals surface area contributed by atoms with Gasteiger partial charge in [-0.1, -0.05) is 17.4 Å². The summed E-state index contributed by atoms with van der Waals surface area (Å²) in [6, 6.07) is 9.25. The van der Waals surface area contributed by atoms with Crippen molar-refractivity contribution in [2.45, 2.75) is 18.9 Å². The number of anilines is 2. The topological polar surface area (TPSA) is 96.4 Å². The third-order valence-electron chi connectivity index (χ3n) is 4.93. The highest BCUT2D eigenvalue weighted by Gasteiger charge is 2.33. The highest BCUT2D eigenvalue weighted by atomic mass is 32.1. The molecule has 3 aromatic rings. The molecule has 0 unspecified atom stereocenters. The molecule has 1 aromatic heterocycles. The largest absolute Gasteiger partial charge is 0.497 e. The maximum Gasteiger partial charge on any atom is 0.322 e. The first-order valence-electron chi connectivity index (χ1n) is 9.76. The molecule has 2 aromatic carbocycles. The Labute approximate surface area is 186 Å². The summed E-state index contributed by atoms with van der Waals surface area (Å²) in [5, 5.41) is 13.7. The maximum atomic E-state index is 13.8. The van der Waals surface area contributed by atoms with Crippen LogP contribution in [0.1, 0.15) is 33.7 Å². The van der Waals surface area contributed by atoms with Crippen molar-refractivity contribution in [3.63, 3.8) is 0 Å². The van der Waals surface area contributed by atoms with E-state index in [1.807, 2.05) is 0 Å². The number of methoxy groups -OCH3 is 1. The maximum absolute atomic E-state index is 13.8. The third-order valence-corrected chi connectivity index (χ3v) is 5.96. The van der Waals surface area contributed by atoms with E-state index >= 15 is 0 Å². The van der Waals surface area contributed by atoms with Crippen LogP contribution in [0.25, 0.3) is 0 Å². The zero-order valence-electron chi connectivity index (χ0n) is 17.0. The van der Waals surface area contributed by atoms with E-state index in [1.54, 1.807) is 36.3 Å². The molecule has 1 aliphatic rings. The average molecular weight is 459 g/mol. The Kier molecular flexibility index (Phi) is 6.26. The monoisotopic (exact) mass is 459 g/mol. The summed E-state index contributed by atoms with van der Waals surface area (Å²) in [6.45, 7) is 0.530. The highest BCUT2D eigenvalue weighted by Crippen LogP contribution is 2.34. The van der Waals surface area contributed by atoms with Crippen molar-refractivity contribution in [1.29, 1.82) is 0 Å². The second-order valence-electron chi connectivity index (χ2n) is 7.04. The minimum Gasteiger partial charge on any atom is -0.497 e. The summed E-state index contributed by atoms with van der Waals surface area (Å²) in [4.78, 5) is 26.9. The predicted octanol–water partition coefficient (Wildman–Crippen LogP) is 4.45. The fraction of sp³-hybridized carbons (Fsp3) is 0.238. The van der Waals surface area contributed by atoms with Gasteiger partial charge >= 0.3 is 6.03 Å². The van der Waals surface area contributed by atoms with E-state index in [2.05, 4.69) is 20.8 Å². The zero-order valence-corrected chi connectivity index (χ0v) is 17.8. The molecule has 4 rings (SSSR count). The third kappa shape index (κ3) is 4.67. The molecule has 11 heteroatoms. The summed E-state index contributed by atoms with van der Waals surface area (Å²) < 4.78 is 32.0. The van der Waals surface area contributed by atoms with Crippen LogP contribution in [0.15, 0.2) is 42.5 Å².